The van der Waals surface area contributed by atoms with Crippen molar-refractivity contribution in [3.8, 4) is 5.75 Å². The molecule has 0 atom stereocenters. The first-order valence-electron chi connectivity index (χ1n) is 7.88. The van der Waals surface area contributed by atoms with Crippen LogP contribution in [0.1, 0.15) is 10.4 Å². The van der Waals surface area contributed by atoms with Crippen LogP contribution < -0.4 is 4.74 Å². The standard InChI is InChI=1S/C18H21ClN2O4S/c1-20(2)26(23,24)17-9-7-14(8-10-17)18(22)21(3)11-12-25-16-6-4-5-15(19)13-16/h4-10,13H,11-12H2,1-3H3. The van der Waals surface area contributed by atoms with Crippen molar-refractivity contribution in [2.24, 2.45) is 0 Å². The Morgan fingerprint density at radius 2 is 1.73 bits per heavy atom. The monoisotopic (exact) mass is 396 g/mol. The minimum Gasteiger partial charge on any atom is -0.492 e. The van der Waals surface area contributed by atoms with Gasteiger partial charge < -0.3 is 9.64 Å². The highest BCUT2D eigenvalue weighted by Crippen LogP contribution is 2.17. The van der Waals surface area contributed by atoms with Crippen LogP contribution in [0.3, 0.4) is 0 Å². The number of amides is 1. The Hall–Kier alpha value is -2.09. The largest absolute Gasteiger partial charge is 0.492 e. The number of ether oxygens (including phenoxy) is 1. The molecule has 0 spiro atoms. The number of rotatable bonds is 7. The number of benzene rings is 2. The van der Waals surface area contributed by atoms with Crippen LogP contribution in [0.25, 0.3) is 0 Å². The topological polar surface area (TPSA) is 66.9 Å². The van der Waals surface area contributed by atoms with Crippen molar-refractivity contribution in [3.63, 3.8) is 0 Å². The zero-order valence-corrected chi connectivity index (χ0v) is 16.4. The first-order valence-corrected chi connectivity index (χ1v) is 9.70. The Bertz CT molecular complexity index is 867. The second kappa shape index (κ2) is 8.53. The lowest BCUT2D eigenvalue weighted by Crippen LogP contribution is -2.31. The third kappa shape index (κ3) is 4.97. The zero-order valence-electron chi connectivity index (χ0n) is 14.8. The van der Waals surface area contributed by atoms with Gasteiger partial charge in [0, 0.05) is 31.7 Å². The van der Waals surface area contributed by atoms with Crippen molar-refractivity contribution >= 4 is 27.5 Å². The summed E-state index contributed by atoms with van der Waals surface area (Å²) in [6, 6.07) is 12.9. The van der Waals surface area contributed by atoms with E-state index in [0.29, 0.717) is 29.5 Å². The van der Waals surface area contributed by atoms with Crippen molar-refractivity contribution in [2.45, 2.75) is 4.90 Å². The maximum Gasteiger partial charge on any atom is 0.253 e. The van der Waals surface area contributed by atoms with Crippen molar-refractivity contribution in [3.05, 3.63) is 59.1 Å². The molecule has 0 fully saturated rings. The molecule has 8 heteroatoms. The fourth-order valence-corrected chi connectivity index (χ4v) is 3.24. The maximum absolute atomic E-state index is 12.4. The Kier molecular flexibility index (Phi) is 6.63. The van der Waals surface area contributed by atoms with E-state index in [9.17, 15) is 13.2 Å². The smallest absolute Gasteiger partial charge is 0.253 e. The molecule has 0 N–H and O–H groups in total. The molecule has 26 heavy (non-hydrogen) atoms. The van der Waals surface area contributed by atoms with E-state index in [-0.39, 0.29) is 10.8 Å². The lowest BCUT2D eigenvalue weighted by molar-refractivity contribution is 0.0773. The molecule has 0 saturated heterocycles. The van der Waals surface area contributed by atoms with Gasteiger partial charge in [-0.15, -0.1) is 0 Å². The van der Waals surface area contributed by atoms with E-state index in [1.165, 1.54) is 43.3 Å². The molecular formula is C18H21ClN2O4S. The van der Waals surface area contributed by atoms with Gasteiger partial charge in [-0.25, -0.2) is 12.7 Å². The van der Waals surface area contributed by atoms with Gasteiger partial charge in [0.15, 0.2) is 0 Å². The molecule has 1 amide bonds. The van der Waals surface area contributed by atoms with E-state index in [2.05, 4.69) is 0 Å². The minimum atomic E-state index is -3.51. The van der Waals surface area contributed by atoms with Crippen molar-refractivity contribution in [2.75, 3.05) is 34.3 Å². The van der Waals surface area contributed by atoms with Gasteiger partial charge in [0.1, 0.15) is 12.4 Å². The maximum atomic E-state index is 12.4. The predicted molar refractivity (Wildman–Crippen MR) is 101 cm³/mol. The van der Waals surface area contributed by atoms with Crippen LogP contribution in [0.5, 0.6) is 5.75 Å². The molecule has 0 saturated carbocycles. The quantitative estimate of drug-likeness (QED) is 0.721. The molecule has 2 rings (SSSR count). The van der Waals surface area contributed by atoms with E-state index in [1.54, 1.807) is 31.3 Å². The molecule has 0 bridgehead atoms. The van der Waals surface area contributed by atoms with Gasteiger partial charge in [-0.3, -0.25) is 4.79 Å². The van der Waals surface area contributed by atoms with E-state index in [1.807, 2.05) is 0 Å². The highest BCUT2D eigenvalue weighted by Gasteiger charge is 2.18. The molecule has 2 aromatic carbocycles. The summed E-state index contributed by atoms with van der Waals surface area (Å²) < 4.78 is 30.8. The summed E-state index contributed by atoms with van der Waals surface area (Å²) in [5.74, 6) is 0.421. The highest BCUT2D eigenvalue weighted by atomic mass is 35.5. The fraction of sp³-hybridized carbons (Fsp3) is 0.278. The van der Waals surface area contributed by atoms with Gasteiger partial charge in [0.05, 0.1) is 11.4 Å². The molecule has 0 radical (unpaired) electrons. The van der Waals surface area contributed by atoms with E-state index >= 15 is 0 Å². The number of likely N-dealkylation sites (N-methyl/N-ethyl adjacent to an activating group) is 1. The first-order chi connectivity index (χ1) is 12.2. The SMILES string of the molecule is CN(CCOc1cccc(Cl)c1)C(=O)c1ccc(S(=O)(=O)N(C)C)cc1. The van der Waals surface area contributed by atoms with Crippen LogP contribution in [0.2, 0.25) is 5.02 Å². The Balaban J connectivity index is 1.95. The summed E-state index contributed by atoms with van der Waals surface area (Å²) >= 11 is 5.89. The number of nitrogens with zero attached hydrogens (tertiary/aromatic N) is 2. The summed E-state index contributed by atoms with van der Waals surface area (Å²) in [5.41, 5.74) is 0.410. The van der Waals surface area contributed by atoms with Gasteiger partial charge in [0.2, 0.25) is 10.0 Å². The lowest BCUT2D eigenvalue weighted by atomic mass is 10.2. The molecule has 0 aliphatic carbocycles. The van der Waals surface area contributed by atoms with E-state index in [0.717, 1.165) is 4.31 Å². The van der Waals surface area contributed by atoms with Crippen molar-refractivity contribution < 1.29 is 17.9 Å². The van der Waals surface area contributed by atoms with Crippen LogP contribution in [0.15, 0.2) is 53.4 Å². The third-order valence-electron chi connectivity index (χ3n) is 3.72. The number of hydrogen-bond donors (Lipinski definition) is 0. The molecule has 0 aliphatic heterocycles. The molecule has 0 unspecified atom stereocenters. The summed E-state index contributed by atoms with van der Waals surface area (Å²) in [7, 11) is 1.07. The number of hydrogen-bond acceptors (Lipinski definition) is 4. The fourth-order valence-electron chi connectivity index (χ4n) is 2.16. The average molecular weight is 397 g/mol. The van der Waals surface area contributed by atoms with E-state index < -0.39 is 10.0 Å². The molecule has 2 aromatic rings. The molecule has 0 aromatic heterocycles. The number of halogens is 1. The van der Waals surface area contributed by atoms with Crippen molar-refractivity contribution in [1.29, 1.82) is 0 Å². The highest BCUT2D eigenvalue weighted by molar-refractivity contribution is 7.89. The van der Waals surface area contributed by atoms with Gasteiger partial charge in [0.25, 0.3) is 5.91 Å². The van der Waals surface area contributed by atoms with Crippen LogP contribution in [-0.4, -0.2) is 57.8 Å². The van der Waals surface area contributed by atoms with Gasteiger partial charge in [-0.1, -0.05) is 17.7 Å². The molecule has 0 aliphatic rings. The first kappa shape index (κ1) is 20.2. The summed E-state index contributed by atoms with van der Waals surface area (Å²) in [6.07, 6.45) is 0. The Morgan fingerprint density at radius 3 is 2.31 bits per heavy atom. The average Bonchev–Trinajstić information content (AvgIpc) is 2.61. The number of carbonyl (C=O) groups excluding carboxylic acids is 1. The number of sulfonamides is 1. The molecule has 0 heterocycles. The molecule has 140 valence electrons. The molecular weight excluding hydrogens is 376 g/mol. The van der Waals surface area contributed by atoms with Gasteiger partial charge >= 0.3 is 0 Å². The summed E-state index contributed by atoms with van der Waals surface area (Å²) in [6.45, 7) is 0.693. The number of carbonyl (C=O) groups is 1. The van der Waals surface area contributed by atoms with Crippen LogP contribution in [0, 0.1) is 0 Å². The second-order valence-corrected chi connectivity index (χ2v) is 8.43. The lowest BCUT2D eigenvalue weighted by Gasteiger charge is -2.18. The Morgan fingerprint density at radius 1 is 1.08 bits per heavy atom. The Labute approximate surface area is 159 Å². The van der Waals surface area contributed by atoms with Crippen LogP contribution in [-0.2, 0) is 10.0 Å². The minimum absolute atomic E-state index is 0.144. The summed E-state index contributed by atoms with van der Waals surface area (Å²) in [5, 5.41) is 0.583. The second-order valence-electron chi connectivity index (χ2n) is 5.84. The zero-order chi connectivity index (χ0) is 19.3. The predicted octanol–water partition coefficient (Wildman–Crippen LogP) is 2.74. The summed E-state index contributed by atoms with van der Waals surface area (Å²) in [4.78, 5) is 14.1. The third-order valence-corrected chi connectivity index (χ3v) is 5.78. The normalized spacial score (nSPS) is 11.4. The van der Waals surface area contributed by atoms with Crippen molar-refractivity contribution in [1.82, 2.24) is 9.21 Å². The van der Waals surface area contributed by atoms with E-state index in [4.69, 9.17) is 16.3 Å². The van der Waals surface area contributed by atoms with Crippen LogP contribution >= 0.6 is 11.6 Å². The van der Waals surface area contributed by atoms with Crippen LogP contribution in [0.4, 0.5) is 0 Å². The van der Waals surface area contributed by atoms with Gasteiger partial charge in [-0.2, -0.15) is 0 Å². The van der Waals surface area contributed by atoms with Gasteiger partial charge in [-0.05, 0) is 42.5 Å². The molecule has 6 nitrogen and oxygen atoms in total.